The lowest BCUT2D eigenvalue weighted by Gasteiger charge is -2.07. The number of halogens is 1. The normalized spacial score (nSPS) is 11.4. The fourth-order valence-electron chi connectivity index (χ4n) is 1.55. The molecule has 1 aromatic heterocycles. The molecule has 6 heteroatoms. The van der Waals surface area contributed by atoms with E-state index in [4.69, 9.17) is 5.73 Å². The average molecular weight is 266 g/mol. The van der Waals surface area contributed by atoms with Crippen LogP contribution in [0.15, 0.2) is 47.6 Å². The predicted molar refractivity (Wildman–Crippen MR) is 65.9 cm³/mol. The summed E-state index contributed by atoms with van der Waals surface area (Å²) >= 11 is 0. The number of benzene rings is 1. The Kier molecular flexibility index (Phi) is 3.29. The highest BCUT2D eigenvalue weighted by Gasteiger charge is 2.19. The molecule has 1 heterocycles. The predicted octanol–water partition coefficient (Wildman–Crippen LogP) is 1.78. The third-order valence-electron chi connectivity index (χ3n) is 2.42. The van der Waals surface area contributed by atoms with Gasteiger partial charge in [-0.25, -0.2) is 12.8 Å². The molecule has 0 atom stereocenters. The van der Waals surface area contributed by atoms with Crippen LogP contribution in [0.5, 0.6) is 0 Å². The number of anilines is 1. The molecule has 0 amide bonds. The molecular formula is C12H11FN2O2S. The van der Waals surface area contributed by atoms with Crippen LogP contribution < -0.4 is 5.73 Å². The standard InChI is InChI=1S/C12H11FN2O2S/c13-10-1-2-11(14)12(7-10)18(16,17)8-9-3-5-15-6-4-9/h1-7H,8,14H2. The van der Waals surface area contributed by atoms with Crippen molar-refractivity contribution >= 4 is 15.5 Å². The number of rotatable bonds is 3. The molecular weight excluding hydrogens is 255 g/mol. The zero-order chi connectivity index (χ0) is 13.2. The quantitative estimate of drug-likeness (QED) is 0.859. The number of sulfone groups is 1. The number of nitrogen functional groups attached to an aromatic ring is 1. The summed E-state index contributed by atoms with van der Waals surface area (Å²) in [6.07, 6.45) is 3.00. The molecule has 2 aromatic rings. The van der Waals surface area contributed by atoms with Crippen molar-refractivity contribution in [3.8, 4) is 0 Å². The zero-order valence-electron chi connectivity index (χ0n) is 9.38. The molecule has 94 valence electrons. The van der Waals surface area contributed by atoms with Crippen LogP contribution in [0, 0.1) is 5.82 Å². The summed E-state index contributed by atoms with van der Waals surface area (Å²) in [5, 5.41) is 0. The second kappa shape index (κ2) is 4.73. The Morgan fingerprint density at radius 1 is 1.17 bits per heavy atom. The van der Waals surface area contributed by atoms with E-state index in [2.05, 4.69) is 4.98 Å². The summed E-state index contributed by atoms with van der Waals surface area (Å²) in [5.74, 6) is -0.860. The second-order valence-electron chi connectivity index (χ2n) is 3.80. The highest BCUT2D eigenvalue weighted by atomic mass is 32.2. The first-order valence-corrected chi connectivity index (χ1v) is 6.81. The van der Waals surface area contributed by atoms with Gasteiger partial charge >= 0.3 is 0 Å². The highest BCUT2D eigenvalue weighted by Crippen LogP contribution is 2.23. The van der Waals surface area contributed by atoms with Gasteiger partial charge in [0.15, 0.2) is 9.84 Å². The molecule has 2 rings (SSSR count). The maximum atomic E-state index is 13.1. The van der Waals surface area contributed by atoms with Gasteiger partial charge in [-0.05, 0) is 35.9 Å². The van der Waals surface area contributed by atoms with Crippen molar-refractivity contribution in [3.63, 3.8) is 0 Å². The number of pyridine rings is 1. The van der Waals surface area contributed by atoms with E-state index in [1.54, 1.807) is 12.1 Å². The molecule has 0 bridgehead atoms. The molecule has 0 aliphatic carbocycles. The minimum absolute atomic E-state index is 0.0467. The van der Waals surface area contributed by atoms with Crippen molar-refractivity contribution in [1.29, 1.82) is 0 Å². The minimum atomic E-state index is -3.66. The molecule has 0 aliphatic heterocycles. The maximum Gasteiger partial charge on any atom is 0.184 e. The van der Waals surface area contributed by atoms with E-state index in [0.717, 1.165) is 12.1 Å². The van der Waals surface area contributed by atoms with E-state index in [-0.39, 0.29) is 16.3 Å². The van der Waals surface area contributed by atoms with Gasteiger partial charge in [0.05, 0.1) is 16.3 Å². The van der Waals surface area contributed by atoms with Crippen LogP contribution >= 0.6 is 0 Å². The van der Waals surface area contributed by atoms with Gasteiger partial charge in [-0.3, -0.25) is 4.98 Å². The summed E-state index contributed by atoms with van der Waals surface area (Å²) in [4.78, 5) is 3.62. The number of nitrogens with two attached hydrogens (primary N) is 1. The maximum absolute atomic E-state index is 13.1. The van der Waals surface area contributed by atoms with Gasteiger partial charge in [0.25, 0.3) is 0 Å². The number of nitrogens with zero attached hydrogens (tertiary/aromatic N) is 1. The fraction of sp³-hybridized carbons (Fsp3) is 0.0833. The Hall–Kier alpha value is -1.95. The van der Waals surface area contributed by atoms with Crippen LogP contribution in [0.3, 0.4) is 0 Å². The van der Waals surface area contributed by atoms with E-state index in [0.29, 0.717) is 5.56 Å². The third kappa shape index (κ3) is 2.65. The van der Waals surface area contributed by atoms with Gasteiger partial charge in [0.1, 0.15) is 5.82 Å². The lowest BCUT2D eigenvalue weighted by Crippen LogP contribution is -2.08. The van der Waals surface area contributed by atoms with E-state index in [1.807, 2.05) is 0 Å². The molecule has 0 saturated carbocycles. The number of hydrogen-bond donors (Lipinski definition) is 1. The largest absolute Gasteiger partial charge is 0.398 e. The molecule has 0 spiro atoms. The Labute approximate surface area is 104 Å². The topological polar surface area (TPSA) is 73.1 Å². The average Bonchev–Trinajstić information content (AvgIpc) is 2.33. The molecule has 18 heavy (non-hydrogen) atoms. The van der Waals surface area contributed by atoms with Crippen LogP contribution in [0.4, 0.5) is 10.1 Å². The Morgan fingerprint density at radius 3 is 2.50 bits per heavy atom. The molecule has 0 fully saturated rings. The van der Waals surface area contributed by atoms with Gasteiger partial charge in [-0.1, -0.05) is 0 Å². The van der Waals surface area contributed by atoms with Crippen LogP contribution in [0.1, 0.15) is 5.56 Å². The van der Waals surface area contributed by atoms with Gasteiger partial charge in [0.2, 0.25) is 0 Å². The summed E-state index contributed by atoms with van der Waals surface area (Å²) in [7, 11) is -3.66. The van der Waals surface area contributed by atoms with Crippen LogP contribution in [-0.4, -0.2) is 13.4 Å². The SMILES string of the molecule is Nc1ccc(F)cc1S(=O)(=O)Cc1ccncc1. The third-order valence-corrected chi connectivity index (χ3v) is 4.15. The van der Waals surface area contributed by atoms with Crippen molar-refractivity contribution in [1.82, 2.24) is 4.98 Å². The molecule has 0 aliphatic rings. The molecule has 2 N–H and O–H groups in total. The fourth-order valence-corrected chi connectivity index (χ4v) is 3.06. The first-order chi connectivity index (χ1) is 8.49. The molecule has 0 unspecified atom stereocenters. The lowest BCUT2D eigenvalue weighted by molar-refractivity contribution is 0.590. The lowest BCUT2D eigenvalue weighted by atomic mass is 10.3. The monoisotopic (exact) mass is 266 g/mol. The second-order valence-corrected chi connectivity index (χ2v) is 5.75. The van der Waals surface area contributed by atoms with Crippen LogP contribution in [0.2, 0.25) is 0 Å². The van der Waals surface area contributed by atoms with Gasteiger partial charge < -0.3 is 5.73 Å². The van der Waals surface area contributed by atoms with Crippen molar-refractivity contribution in [2.75, 3.05) is 5.73 Å². The van der Waals surface area contributed by atoms with Gasteiger partial charge in [0, 0.05) is 12.4 Å². The van der Waals surface area contributed by atoms with Crippen molar-refractivity contribution in [3.05, 3.63) is 54.1 Å². The van der Waals surface area contributed by atoms with Crippen LogP contribution in [-0.2, 0) is 15.6 Å². The molecule has 4 nitrogen and oxygen atoms in total. The van der Waals surface area contributed by atoms with E-state index in [1.165, 1.54) is 18.5 Å². The smallest absolute Gasteiger partial charge is 0.184 e. The summed E-state index contributed by atoms with van der Waals surface area (Å²) in [6, 6.07) is 6.49. The Morgan fingerprint density at radius 2 is 1.83 bits per heavy atom. The highest BCUT2D eigenvalue weighted by molar-refractivity contribution is 7.90. The van der Waals surface area contributed by atoms with E-state index >= 15 is 0 Å². The number of hydrogen-bond acceptors (Lipinski definition) is 4. The number of aromatic nitrogens is 1. The summed E-state index contributed by atoms with van der Waals surface area (Å²) < 4.78 is 37.3. The van der Waals surface area contributed by atoms with Gasteiger partial charge in [-0.15, -0.1) is 0 Å². The minimum Gasteiger partial charge on any atom is -0.398 e. The molecule has 1 aromatic carbocycles. The Bertz CT molecular complexity index is 657. The summed E-state index contributed by atoms with van der Waals surface area (Å²) in [5.41, 5.74) is 6.20. The molecule has 0 saturated heterocycles. The summed E-state index contributed by atoms with van der Waals surface area (Å²) in [6.45, 7) is 0. The first-order valence-electron chi connectivity index (χ1n) is 5.16. The van der Waals surface area contributed by atoms with Gasteiger partial charge in [-0.2, -0.15) is 0 Å². The van der Waals surface area contributed by atoms with Crippen LogP contribution in [0.25, 0.3) is 0 Å². The zero-order valence-corrected chi connectivity index (χ0v) is 10.2. The van der Waals surface area contributed by atoms with Crippen molar-refractivity contribution in [2.24, 2.45) is 0 Å². The van der Waals surface area contributed by atoms with Crippen molar-refractivity contribution in [2.45, 2.75) is 10.6 Å². The first kappa shape index (κ1) is 12.5. The van der Waals surface area contributed by atoms with Crippen molar-refractivity contribution < 1.29 is 12.8 Å². The van der Waals surface area contributed by atoms with E-state index < -0.39 is 15.7 Å². The van der Waals surface area contributed by atoms with E-state index in [9.17, 15) is 12.8 Å². The Balaban J connectivity index is 2.40. The molecule has 0 radical (unpaired) electrons.